The summed E-state index contributed by atoms with van der Waals surface area (Å²) in [6.07, 6.45) is 5.87. The van der Waals surface area contributed by atoms with Gasteiger partial charge in [0.15, 0.2) is 0 Å². The highest BCUT2D eigenvalue weighted by Gasteiger charge is 2.08. The van der Waals surface area contributed by atoms with E-state index in [1.807, 2.05) is 43.4 Å². The van der Waals surface area contributed by atoms with Crippen LogP contribution in [0.3, 0.4) is 0 Å². The van der Waals surface area contributed by atoms with Gasteiger partial charge < -0.3 is 10.2 Å². The zero-order valence-electron chi connectivity index (χ0n) is 14.0. The molecular weight excluding hydrogens is 322 g/mol. The Balaban J connectivity index is 1.57. The average Bonchev–Trinajstić information content (AvgIpc) is 2.61. The third-order valence-electron chi connectivity index (χ3n) is 3.93. The van der Waals surface area contributed by atoms with Crippen molar-refractivity contribution in [1.29, 1.82) is 0 Å². The number of nitrogens with zero attached hydrogens (tertiary/aromatic N) is 2. The van der Waals surface area contributed by atoms with Gasteiger partial charge >= 0.3 is 0 Å². The van der Waals surface area contributed by atoms with Gasteiger partial charge in [-0.1, -0.05) is 23.7 Å². The van der Waals surface area contributed by atoms with E-state index in [0.717, 1.165) is 31.0 Å². The molecule has 2 aromatic rings. The fourth-order valence-corrected chi connectivity index (χ4v) is 2.49. The summed E-state index contributed by atoms with van der Waals surface area (Å²) >= 11 is 5.86. The second kappa shape index (κ2) is 10.1. The third-order valence-corrected chi connectivity index (χ3v) is 4.18. The molecule has 24 heavy (non-hydrogen) atoms. The molecule has 0 spiro atoms. The molecule has 1 heterocycles. The maximum atomic E-state index is 12.1. The van der Waals surface area contributed by atoms with Crippen LogP contribution in [0.2, 0.25) is 5.02 Å². The number of pyridine rings is 1. The predicted octanol–water partition coefficient (Wildman–Crippen LogP) is 2.96. The summed E-state index contributed by atoms with van der Waals surface area (Å²) in [5.74, 6) is 0.169. The lowest BCUT2D eigenvalue weighted by molar-refractivity contribution is -0.129. The fraction of sp³-hybridized carbons (Fsp3) is 0.368. The number of carbonyl (C=O) groups excluding carboxylic acids is 1. The Bertz CT molecular complexity index is 616. The van der Waals surface area contributed by atoms with Gasteiger partial charge in [0.25, 0.3) is 0 Å². The lowest BCUT2D eigenvalue weighted by atomic mass is 10.1. The van der Waals surface area contributed by atoms with Gasteiger partial charge in [0.2, 0.25) is 5.91 Å². The van der Waals surface area contributed by atoms with Gasteiger partial charge in [-0.15, -0.1) is 0 Å². The van der Waals surface area contributed by atoms with Crippen LogP contribution >= 0.6 is 11.6 Å². The predicted molar refractivity (Wildman–Crippen MR) is 98.2 cm³/mol. The van der Waals surface area contributed by atoms with E-state index in [1.54, 1.807) is 17.3 Å². The van der Waals surface area contributed by atoms with E-state index < -0.39 is 0 Å². The number of halogens is 1. The Hall–Kier alpha value is -1.91. The molecule has 1 aromatic heterocycles. The summed E-state index contributed by atoms with van der Waals surface area (Å²) in [6.45, 7) is 2.29. The minimum absolute atomic E-state index is 0.169. The van der Waals surface area contributed by atoms with Crippen molar-refractivity contribution in [2.24, 2.45) is 0 Å². The Morgan fingerprint density at radius 1 is 1.04 bits per heavy atom. The van der Waals surface area contributed by atoms with Crippen molar-refractivity contribution in [3.05, 3.63) is 64.9 Å². The highest BCUT2D eigenvalue weighted by Crippen LogP contribution is 2.09. The zero-order valence-corrected chi connectivity index (χ0v) is 14.8. The Kier molecular flexibility index (Phi) is 7.72. The molecule has 0 fully saturated rings. The largest absolute Gasteiger partial charge is 0.345 e. The molecule has 5 heteroatoms. The summed E-state index contributed by atoms with van der Waals surface area (Å²) in [5.41, 5.74) is 2.44. The van der Waals surface area contributed by atoms with E-state index in [9.17, 15) is 4.79 Å². The van der Waals surface area contributed by atoms with E-state index in [1.165, 1.54) is 11.1 Å². The molecule has 0 radical (unpaired) electrons. The van der Waals surface area contributed by atoms with Crippen LogP contribution in [0, 0.1) is 0 Å². The highest BCUT2D eigenvalue weighted by atomic mass is 35.5. The van der Waals surface area contributed by atoms with Crippen LogP contribution in [-0.2, 0) is 17.6 Å². The van der Waals surface area contributed by atoms with Crippen LogP contribution in [-0.4, -0.2) is 42.5 Å². The first-order valence-corrected chi connectivity index (χ1v) is 8.61. The first-order valence-electron chi connectivity index (χ1n) is 8.23. The van der Waals surface area contributed by atoms with E-state index in [2.05, 4.69) is 10.3 Å². The van der Waals surface area contributed by atoms with Crippen LogP contribution in [0.5, 0.6) is 0 Å². The summed E-state index contributed by atoms with van der Waals surface area (Å²) in [6, 6.07) is 11.8. The van der Waals surface area contributed by atoms with Crippen molar-refractivity contribution in [2.75, 3.05) is 26.7 Å². The normalized spacial score (nSPS) is 10.6. The third kappa shape index (κ3) is 6.69. The van der Waals surface area contributed by atoms with Crippen molar-refractivity contribution in [3.63, 3.8) is 0 Å². The molecule has 0 aliphatic carbocycles. The SMILES string of the molecule is CN(CCc1ccncc1)C(=O)CCNCCc1ccc(Cl)cc1. The van der Waals surface area contributed by atoms with E-state index in [0.29, 0.717) is 13.0 Å². The lowest BCUT2D eigenvalue weighted by Crippen LogP contribution is -2.32. The van der Waals surface area contributed by atoms with Crippen LogP contribution in [0.4, 0.5) is 0 Å². The van der Waals surface area contributed by atoms with Crippen LogP contribution in [0.25, 0.3) is 0 Å². The quantitative estimate of drug-likeness (QED) is 0.711. The molecule has 1 aromatic carbocycles. The first kappa shape index (κ1) is 18.4. The maximum Gasteiger partial charge on any atom is 0.223 e. The number of hydrogen-bond acceptors (Lipinski definition) is 3. The monoisotopic (exact) mass is 345 g/mol. The summed E-state index contributed by atoms with van der Waals surface area (Å²) in [4.78, 5) is 17.9. The van der Waals surface area contributed by atoms with Gasteiger partial charge in [-0.2, -0.15) is 0 Å². The molecule has 0 saturated heterocycles. The van der Waals surface area contributed by atoms with Gasteiger partial charge in [-0.05, 0) is 54.8 Å². The van der Waals surface area contributed by atoms with Gasteiger partial charge in [-0.25, -0.2) is 0 Å². The van der Waals surface area contributed by atoms with Crippen molar-refractivity contribution in [2.45, 2.75) is 19.3 Å². The summed E-state index contributed by atoms with van der Waals surface area (Å²) < 4.78 is 0. The van der Waals surface area contributed by atoms with Gasteiger partial charge in [0.1, 0.15) is 0 Å². The van der Waals surface area contributed by atoms with Crippen molar-refractivity contribution in [3.8, 4) is 0 Å². The Labute approximate surface area is 148 Å². The number of likely N-dealkylation sites (N-methyl/N-ethyl adjacent to an activating group) is 1. The van der Waals surface area contributed by atoms with Crippen LogP contribution < -0.4 is 5.32 Å². The maximum absolute atomic E-state index is 12.1. The number of nitrogens with one attached hydrogen (secondary N) is 1. The molecule has 2 rings (SSSR count). The molecule has 0 bridgehead atoms. The smallest absolute Gasteiger partial charge is 0.223 e. The molecule has 1 amide bonds. The van der Waals surface area contributed by atoms with Crippen LogP contribution in [0.1, 0.15) is 17.5 Å². The minimum Gasteiger partial charge on any atom is -0.345 e. The van der Waals surface area contributed by atoms with Crippen molar-refractivity contribution in [1.82, 2.24) is 15.2 Å². The molecule has 128 valence electrons. The van der Waals surface area contributed by atoms with Gasteiger partial charge in [0, 0.05) is 44.0 Å². The standard InChI is InChI=1S/C19H24ClN3O/c1-23(15-10-17-7-12-21-13-8-17)19(24)9-14-22-11-6-16-2-4-18(20)5-3-16/h2-5,7-8,12-13,22H,6,9-11,14-15H2,1H3. The number of carbonyl (C=O) groups is 1. The molecular formula is C19H24ClN3O. The van der Waals surface area contributed by atoms with Gasteiger partial charge in [-0.3, -0.25) is 9.78 Å². The second-order valence-corrected chi connectivity index (χ2v) is 6.23. The number of hydrogen-bond donors (Lipinski definition) is 1. The summed E-state index contributed by atoms with van der Waals surface area (Å²) in [5, 5.41) is 4.08. The van der Waals surface area contributed by atoms with E-state index in [-0.39, 0.29) is 5.91 Å². The number of rotatable bonds is 9. The molecule has 0 aliphatic heterocycles. The first-order chi connectivity index (χ1) is 11.6. The molecule has 0 atom stereocenters. The van der Waals surface area contributed by atoms with Crippen molar-refractivity contribution < 1.29 is 4.79 Å². The Morgan fingerprint density at radius 2 is 1.71 bits per heavy atom. The average molecular weight is 346 g/mol. The molecule has 0 unspecified atom stereocenters. The summed E-state index contributed by atoms with van der Waals surface area (Å²) in [7, 11) is 1.86. The molecule has 0 saturated carbocycles. The fourth-order valence-electron chi connectivity index (χ4n) is 2.37. The minimum atomic E-state index is 0.169. The highest BCUT2D eigenvalue weighted by molar-refractivity contribution is 6.30. The molecule has 4 nitrogen and oxygen atoms in total. The number of benzene rings is 1. The molecule has 0 aliphatic rings. The topological polar surface area (TPSA) is 45.2 Å². The number of amides is 1. The van der Waals surface area contributed by atoms with Gasteiger partial charge in [0.05, 0.1) is 0 Å². The Morgan fingerprint density at radius 3 is 2.42 bits per heavy atom. The van der Waals surface area contributed by atoms with E-state index >= 15 is 0 Å². The number of aromatic nitrogens is 1. The van der Waals surface area contributed by atoms with Crippen molar-refractivity contribution >= 4 is 17.5 Å². The lowest BCUT2D eigenvalue weighted by Gasteiger charge is -2.17. The second-order valence-electron chi connectivity index (χ2n) is 5.80. The zero-order chi connectivity index (χ0) is 17.2. The molecule has 1 N–H and O–H groups in total. The van der Waals surface area contributed by atoms with Crippen LogP contribution in [0.15, 0.2) is 48.8 Å². The van der Waals surface area contributed by atoms with E-state index in [4.69, 9.17) is 11.6 Å².